The quantitative estimate of drug-likeness (QED) is 0.605. The maximum absolute atomic E-state index is 12.6. The maximum atomic E-state index is 12.6. The van der Waals surface area contributed by atoms with Gasteiger partial charge in [-0.3, -0.25) is 4.79 Å². The molecule has 0 heterocycles. The molecule has 0 spiro atoms. The van der Waals surface area contributed by atoms with E-state index in [0.29, 0.717) is 5.56 Å². The van der Waals surface area contributed by atoms with E-state index >= 15 is 0 Å². The molecule has 3 rings (SSSR count). The Morgan fingerprint density at radius 1 is 0.833 bits per heavy atom. The molecule has 4 heteroatoms. The SMILES string of the molecule is CC(C)(C)c1ccc(C(=O)N[C@H](Cc2ccc(-c3ccccc3)cc2)C(=O)O)cc1. The highest BCUT2D eigenvalue weighted by Crippen LogP contribution is 2.22. The molecule has 0 saturated carbocycles. The summed E-state index contributed by atoms with van der Waals surface area (Å²) in [6.45, 7) is 6.31. The van der Waals surface area contributed by atoms with Gasteiger partial charge in [-0.2, -0.15) is 0 Å². The number of nitrogens with one attached hydrogen (secondary N) is 1. The third-order valence-corrected chi connectivity index (χ3v) is 5.12. The standard InChI is InChI=1S/C26H27NO3/c1-26(2,3)22-15-13-21(14-16-22)24(28)27-23(25(29)30)17-18-9-11-20(12-10-18)19-7-5-4-6-8-19/h4-16,23H,17H2,1-3H3,(H,27,28)(H,29,30)/t23-/m1/s1. The minimum absolute atomic E-state index is 0.00941. The lowest BCUT2D eigenvalue weighted by atomic mass is 9.86. The van der Waals surface area contributed by atoms with Crippen LogP contribution in [0.5, 0.6) is 0 Å². The molecular weight excluding hydrogens is 374 g/mol. The van der Waals surface area contributed by atoms with E-state index in [0.717, 1.165) is 22.3 Å². The van der Waals surface area contributed by atoms with Gasteiger partial charge >= 0.3 is 5.97 Å². The highest BCUT2D eigenvalue weighted by molar-refractivity contribution is 5.96. The number of rotatable bonds is 6. The van der Waals surface area contributed by atoms with Crippen LogP contribution in [0.4, 0.5) is 0 Å². The third kappa shape index (κ3) is 5.35. The number of carbonyl (C=O) groups excluding carboxylic acids is 1. The van der Waals surface area contributed by atoms with Crippen molar-refractivity contribution in [3.05, 3.63) is 95.6 Å². The lowest BCUT2D eigenvalue weighted by Crippen LogP contribution is -2.42. The van der Waals surface area contributed by atoms with E-state index in [4.69, 9.17) is 0 Å². The summed E-state index contributed by atoms with van der Waals surface area (Å²) in [7, 11) is 0. The van der Waals surface area contributed by atoms with Crippen molar-refractivity contribution in [2.45, 2.75) is 38.6 Å². The van der Waals surface area contributed by atoms with Gasteiger partial charge in [0, 0.05) is 12.0 Å². The van der Waals surface area contributed by atoms with Gasteiger partial charge in [0.05, 0.1) is 0 Å². The van der Waals surface area contributed by atoms with Gasteiger partial charge in [-0.1, -0.05) is 87.5 Å². The molecule has 0 bridgehead atoms. The summed E-state index contributed by atoms with van der Waals surface area (Å²) in [6, 6.07) is 24.0. The molecule has 0 unspecified atom stereocenters. The van der Waals surface area contributed by atoms with Crippen molar-refractivity contribution in [2.75, 3.05) is 0 Å². The third-order valence-electron chi connectivity index (χ3n) is 5.12. The Bertz CT molecular complexity index is 1000. The number of benzene rings is 3. The summed E-state index contributed by atoms with van der Waals surface area (Å²) in [4.78, 5) is 24.3. The maximum Gasteiger partial charge on any atom is 0.326 e. The van der Waals surface area contributed by atoms with Crippen molar-refractivity contribution >= 4 is 11.9 Å². The van der Waals surface area contributed by atoms with Crippen LogP contribution in [-0.4, -0.2) is 23.0 Å². The van der Waals surface area contributed by atoms with Crippen LogP contribution in [-0.2, 0) is 16.6 Å². The molecule has 1 atom stereocenters. The molecule has 2 N–H and O–H groups in total. The zero-order chi connectivity index (χ0) is 21.7. The predicted octanol–water partition coefficient (Wildman–Crippen LogP) is 5.08. The van der Waals surface area contributed by atoms with Gasteiger partial charge in [-0.05, 0) is 39.8 Å². The first-order valence-corrected chi connectivity index (χ1v) is 10.0. The Morgan fingerprint density at radius 3 is 1.93 bits per heavy atom. The predicted molar refractivity (Wildman–Crippen MR) is 120 cm³/mol. The first-order valence-electron chi connectivity index (χ1n) is 10.0. The molecule has 0 fully saturated rings. The Hall–Kier alpha value is -3.40. The Kier molecular flexibility index (Phi) is 6.36. The van der Waals surface area contributed by atoms with Gasteiger partial charge in [-0.15, -0.1) is 0 Å². The number of amides is 1. The van der Waals surface area contributed by atoms with Crippen molar-refractivity contribution in [3.8, 4) is 11.1 Å². The molecule has 0 aliphatic rings. The van der Waals surface area contributed by atoms with Crippen molar-refractivity contribution in [1.29, 1.82) is 0 Å². The first-order chi connectivity index (χ1) is 14.2. The van der Waals surface area contributed by atoms with Crippen LogP contribution < -0.4 is 5.32 Å². The fraction of sp³-hybridized carbons (Fsp3) is 0.231. The lowest BCUT2D eigenvalue weighted by molar-refractivity contribution is -0.139. The van der Waals surface area contributed by atoms with Crippen molar-refractivity contribution < 1.29 is 14.7 Å². The molecule has 0 aromatic heterocycles. The molecule has 0 aliphatic carbocycles. The summed E-state index contributed by atoms with van der Waals surface area (Å²) >= 11 is 0. The van der Waals surface area contributed by atoms with Crippen molar-refractivity contribution in [3.63, 3.8) is 0 Å². The number of carboxylic acid groups (broad SMARTS) is 1. The van der Waals surface area contributed by atoms with Crippen LogP contribution in [0.15, 0.2) is 78.9 Å². The number of carbonyl (C=O) groups is 2. The second kappa shape index (κ2) is 8.95. The normalized spacial score (nSPS) is 12.2. The monoisotopic (exact) mass is 401 g/mol. The molecule has 3 aromatic rings. The molecule has 4 nitrogen and oxygen atoms in total. The average Bonchev–Trinajstić information content (AvgIpc) is 2.74. The Balaban J connectivity index is 1.69. The second-order valence-electron chi connectivity index (χ2n) is 8.46. The van der Waals surface area contributed by atoms with Crippen molar-refractivity contribution in [2.24, 2.45) is 0 Å². The summed E-state index contributed by atoms with van der Waals surface area (Å²) in [5.74, 6) is -1.44. The van der Waals surface area contributed by atoms with Crippen LogP contribution >= 0.6 is 0 Å². The van der Waals surface area contributed by atoms with E-state index in [1.54, 1.807) is 12.1 Å². The number of carboxylic acids is 1. The van der Waals surface area contributed by atoms with E-state index in [1.807, 2.05) is 66.7 Å². The Labute approximate surface area is 177 Å². The van der Waals surface area contributed by atoms with Gasteiger partial charge < -0.3 is 10.4 Å². The van der Waals surface area contributed by atoms with Crippen LogP contribution in [0.2, 0.25) is 0 Å². The zero-order valence-electron chi connectivity index (χ0n) is 17.6. The van der Waals surface area contributed by atoms with Crippen molar-refractivity contribution in [1.82, 2.24) is 5.32 Å². The molecular formula is C26H27NO3. The van der Waals surface area contributed by atoms with Gasteiger partial charge in [0.2, 0.25) is 0 Å². The van der Waals surface area contributed by atoms with Crippen LogP contribution in [0, 0.1) is 0 Å². The number of hydrogen-bond donors (Lipinski definition) is 2. The minimum atomic E-state index is -1.05. The summed E-state index contributed by atoms with van der Waals surface area (Å²) in [6.07, 6.45) is 0.218. The average molecular weight is 402 g/mol. The minimum Gasteiger partial charge on any atom is -0.480 e. The van der Waals surface area contributed by atoms with Crippen LogP contribution in [0.25, 0.3) is 11.1 Å². The highest BCUT2D eigenvalue weighted by Gasteiger charge is 2.22. The zero-order valence-corrected chi connectivity index (χ0v) is 17.6. The topological polar surface area (TPSA) is 66.4 Å². The van der Waals surface area contributed by atoms with E-state index in [2.05, 4.69) is 26.1 Å². The van der Waals surface area contributed by atoms with E-state index < -0.39 is 12.0 Å². The fourth-order valence-corrected chi connectivity index (χ4v) is 3.26. The highest BCUT2D eigenvalue weighted by atomic mass is 16.4. The molecule has 0 radical (unpaired) electrons. The van der Waals surface area contributed by atoms with Gasteiger partial charge in [-0.25, -0.2) is 4.79 Å². The number of aliphatic carboxylic acids is 1. The second-order valence-corrected chi connectivity index (χ2v) is 8.46. The van der Waals surface area contributed by atoms with Gasteiger partial charge in [0.15, 0.2) is 0 Å². The Morgan fingerprint density at radius 2 is 1.40 bits per heavy atom. The summed E-state index contributed by atoms with van der Waals surface area (Å²) in [5, 5.41) is 12.2. The molecule has 0 saturated heterocycles. The summed E-state index contributed by atoms with van der Waals surface area (Å²) < 4.78 is 0. The van der Waals surface area contributed by atoms with Crippen LogP contribution in [0.1, 0.15) is 42.3 Å². The first kappa shape index (κ1) is 21.3. The van der Waals surface area contributed by atoms with Gasteiger partial charge in [0.25, 0.3) is 5.91 Å². The molecule has 3 aromatic carbocycles. The lowest BCUT2D eigenvalue weighted by Gasteiger charge is -2.19. The summed E-state index contributed by atoms with van der Waals surface area (Å²) in [5.41, 5.74) is 4.58. The molecule has 30 heavy (non-hydrogen) atoms. The molecule has 154 valence electrons. The largest absolute Gasteiger partial charge is 0.480 e. The van der Waals surface area contributed by atoms with E-state index in [1.165, 1.54) is 0 Å². The fourth-order valence-electron chi connectivity index (χ4n) is 3.26. The molecule has 0 aliphatic heterocycles. The van der Waals surface area contributed by atoms with Gasteiger partial charge in [0.1, 0.15) is 6.04 Å². The number of hydrogen-bond acceptors (Lipinski definition) is 2. The van der Waals surface area contributed by atoms with Crippen LogP contribution in [0.3, 0.4) is 0 Å². The molecule has 1 amide bonds. The van der Waals surface area contributed by atoms with E-state index in [9.17, 15) is 14.7 Å². The smallest absolute Gasteiger partial charge is 0.326 e. The van der Waals surface area contributed by atoms with E-state index in [-0.39, 0.29) is 17.7 Å².